The standard InChI is InChI=1S/C23H20Cl2N2O3/c24-17-8-5-15(6-9-17)22(19-3-1-2-4-20(19)25)30-21-10-7-16(13-26-21)23(29)27-12-11-18(28)14-27/h1-10,13,18,22,28H,11-12,14H2. The second-order valence-electron chi connectivity index (χ2n) is 7.15. The number of nitrogens with zero attached hydrogens (tertiary/aromatic N) is 2. The summed E-state index contributed by atoms with van der Waals surface area (Å²) >= 11 is 12.5. The quantitative estimate of drug-likeness (QED) is 0.618. The summed E-state index contributed by atoms with van der Waals surface area (Å²) in [5, 5.41) is 10.9. The van der Waals surface area contributed by atoms with Gasteiger partial charge in [-0.25, -0.2) is 4.98 Å². The number of hydrogen-bond donors (Lipinski definition) is 1. The van der Waals surface area contributed by atoms with E-state index in [1.54, 1.807) is 29.2 Å². The van der Waals surface area contributed by atoms with Gasteiger partial charge in [0, 0.05) is 41.0 Å². The second kappa shape index (κ2) is 9.04. The number of hydrogen-bond acceptors (Lipinski definition) is 4. The normalized spacial score (nSPS) is 17.0. The first kappa shape index (κ1) is 20.7. The number of benzene rings is 2. The molecule has 3 aromatic rings. The Hall–Kier alpha value is -2.60. The Kier molecular flexibility index (Phi) is 6.23. The molecular formula is C23H20Cl2N2O3. The van der Waals surface area contributed by atoms with Gasteiger partial charge in [0.15, 0.2) is 6.10 Å². The molecule has 2 aromatic carbocycles. The number of aromatic nitrogens is 1. The predicted molar refractivity (Wildman–Crippen MR) is 116 cm³/mol. The highest BCUT2D eigenvalue weighted by Gasteiger charge is 2.26. The molecule has 2 unspecified atom stereocenters. The largest absolute Gasteiger partial charge is 0.464 e. The molecule has 0 saturated carbocycles. The third kappa shape index (κ3) is 4.59. The monoisotopic (exact) mass is 442 g/mol. The van der Waals surface area contributed by atoms with E-state index in [4.69, 9.17) is 27.9 Å². The van der Waals surface area contributed by atoms with E-state index in [-0.39, 0.29) is 5.91 Å². The molecule has 1 aliphatic heterocycles. The highest BCUT2D eigenvalue weighted by molar-refractivity contribution is 6.31. The van der Waals surface area contributed by atoms with Crippen LogP contribution in [0.4, 0.5) is 0 Å². The van der Waals surface area contributed by atoms with Gasteiger partial charge < -0.3 is 14.7 Å². The molecule has 30 heavy (non-hydrogen) atoms. The topological polar surface area (TPSA) is 62.7 Å². The zero-order valence-electron chi connectivity index (χ0n) is 16.0. The smallest absolute Gasteiger partial charge is 0.255 e. The van der Waals surface area contributed by atoms with E-state index in [9.17, 15) is 9.90 Å². The molecule has 0 bridgehead atoms. The summed E-state index contributed by atoms with van der Waals surface area (Å²) in [6.45, 7) is 0.894. The molecule has 1 fully saturated rings. The van der Waals surface area contributed by atoms with E-state index < -0.39 is 12.2 Å². The molecule has 2 heterocycles. The minimum absolute atomic E-state index is 0.147. The number of halogens is 2. The maximum Gasteiger partial charge on any atom is 0.255 e. The third-order valence-electron chi connectivity index (χ3n) is 5.03. The average molecular weight is 443 g/mol. The Balaban J connectivity index is 1.58. The molecule has 1 aromatic heterocycles. The molecule has 1 N–H and O–H groups in total. The Morgan fingerprint density at radius 1 is 1.10 bits per heavy atom. The van der Waals surface area contributed by atoms with Gasteiger partial charge >= 0.3 is 0 Å². The molecule has 4 rings (SSSR count). The number of amides is 1. The van der Waals surface area contributed by atoms with E-state index in [1.165, 1.54) is 6.20 Å². The summed E-state index contributed by atoms with van der Waals surface area (Å²) in [5.74, 6) is 0.221. The molecule has 1 amide bonds. The van der Waals surface area contributed by atoms with Crippen LogP contribution in [0.5, 0.6) is 5.88 Å². The summed E-state index contributed by atoms with van der Waals surface area (Å²) < 4.78 is 6.18. The minimum atomic E-state index is -0.487. The lowest BCUT2D eigenvalue weighted by Gasteiger charge is -2.21. The minimum Gasteiger partial charge on any atom is -0.464 e. The van der Waals surface area contributed by atoms with E-state index in [2.05, 4.69) is 4.98 Å². The van der Waals surface area contributed by atoms with Crippen molar-refractivity contribution >= 4 is 29.1 Å². The third-order valence-corrected chi connectivity index (χ3v) is 5.63. The first-order chi connectivity index (χ1) is 14.5. The Bertz CT molecular complexity index is 1030. The molecule has 0 spiro atoms. The number of carbonyl (C=O) groups is 1. The van der Waals surface area contributed by atoms with Crippen LogP contribution in [0.2, 0.25) is 10.0 Å². The molecule has 7 heteroatoms. The fourth-order valence-electron chi connectivity index (χ4n) is 3.44. The fraction of sp³-hybridized carbons (Fsp3) is 0.217. The number of carbonyl (C=O) groups excluding carboxylic acids is 1. The maximum atomic E-state index is 12.5. The van der Waals surface area contributed by atoms with Crippen LogP contribution in [0.25, 0.3) is 0 Å². The molecular weight excluding hydrogens is 423 g/mol. The zero-order valence-corrected chi connectivity index (χ0v) is 17.6. The van der Waals surface area contributed by atoms with Crippen LogP contribution >= 0.6 is 23.2 Å². The van der Waals surface area contributed by atoms with Crippen molar-refractivity contribution in [3.63, 3.8) is 0 Å². The lowest BCUT2D eigenvalue weighted by molar-refractivity contribution is 0.0764. The molecule has 0 aliphatic carbocycles. The molecule has 0 radical (unpaired) electrons. The lowest BCUT2D eigenvalue weighted by atomic mass is 10.0. The summed E-state index contributed by atoms with van der Waals surface area (Å²) in [5.41, 5.74) is 2.13. The first-order valence-electron chi connectivity index (χ1n) is 9.61. The van der Waals surface area contributed by atoms with Crippen molar-refractivity contribution in [1.82, 2.24) is 9.88 Å². The van der Waals surface area contributed by atoms with E-state index in [1.807, 2.05) is 36.4 Å². The van der Waals surface area contributed by atoms with Gasteiger partial charge in [0.05, 0.1) is 11.7 Å². The number of pyridine rings is 1. The van der Waals surface area contributed by atoms with Crippen LogP contribution in [0.15, 0.2) is 66.9 Å². The van der Waals surface area contributed by atoms with Crippen molar-refractivity contribution in [3.05, 3.63) is 93.6 Å². The molecule has 154 valence electrons. The van der Waals surface area contributed by atoms with Crippen LogP contribution in [0.3, 0.4) is 0 Å². The Morgan fingerprint density at radius 3 is 2.50 bits per heavy atom. The van der Waals surface area contributed by atoms with Crippen molar-refractivity contribution in [3.8, 4) is 5.88 Å². The average Bonchev–Trinajstić information content (AvgIpc) is 3.20. The maximum absolute atomic E-state index is 12.5. The lowest BCUT2D eigenvalue weighted by Crippen LogP contribution is -2.29. The summed E-state index contributed by atoms with van der Waals surface area (Å²) in [6.07, 6.45) is 1.15. The van der Waals surface area contributed by atoms with Gasteiger partial charge in [0.25, 0.3) is 5.91 Å². The van der Waals surface area contributed by atoms with Gasteiger partial charge in [0.1, 0.15) is 0 Å². The van der Waals surface area contributed by atoms with Crippen molar-refractivity contribution in [2.45, 2.75) is 18.6 Å². The van der Waals surface area contributed by atoms with Gasteiger partial charge in [-0.3, -0.25) is 4.79 Å². The molecule has 5 nitrogen and oxygen atoms in total. The fourth-order valence-corrected chi connectivity index (χ4v) is 3.80. The van der Waals surface area contributed by atoms with E-state index in [0.29, 0.717) is 41.0 Å². The van der Waals surface area contributed by atoms with Crippen molar-refractivity contribution in [2.24, 2.45) is 0 Å². The van der Waals surface area contributed by atoms with Gasteiger partial charge in [-0.15, -0.1) is 0 Å². The van der Waals surface area contributed by atoms with E-state index >= 15 is 0 Å². The zero-order chi connectivity index (χ0) is 21.1. The summed E-state index contributed by atoms with van der Waals surface area (Å²) in [6, 6.07) is 18.2. The number of β-amino-alcohol motifs (C(OH)–C–C–N with tert-alkyl or cyclic N) is 1. The van der Waals surface area contributed by atoms with Crippen LogP contribution in [-0.2, 0) is 0 Å². The van der Waals surface area contributed by atoms with Crippen LogP contribution < -0.4 is 4.74 Å². The number of rotatable bonds is 5. The van der Waals surface area contributed by atoms with Crippen LogP contribution in [-0.4, -0.2) is 40.1 Å². The molecule has 1 aliphatic rings. The van der Waals surface area contributed by atoms with Crippen molar-refractivity contribution in [1.29, 1.82) is 0 Å². The second-order valence-corrected chi connectivity index (χ2v) is 7.99. The molecule has 1 saturated heterocycles. The highest BCUT2D eigenvalue weighted by Crippen LogP contribution is 2.32. The van der Waals surface area contributed by atoms with E-state index in [0.717, 1.165) is 11.1 Å². The van der Waals surface area contributed by atoms with Crippen LogP contribution in [0.1, 0.15) is 34.0 Å². The molecule has 2 atom stereocenters. The number of ether oxygens (including phenoxy) is 1. The van der Waals surface area contributed by atoms with Crippen molar-refractivity contribution in [2.75, 3.05) is 13.1 Å². The van der Waals surface area contributed by atoms with Gasteiger partial charge in [0.2, 0.25) is 5.88 Å². The van der Waals surface area contributed by atoms with Crippen LogP contribution in [0, 0.1) is 0 Å². The van der Waals surface area contributed by atoms with Gasteiger partial charge in [-0.2, -0.15) is 0 Å². The summed E-state index contributed by atoms with van der Waals surface area (Å²) in [4.78, 5) is 18.5. The Morgan fingerprint density at radius 2 is 1.87 bits per heavy atom. The Labute approximate surface area is 184 Å². The highest BCUT2D eigenvalue weighted by atomic mass is 35.5. The SMILES string of the molecule is O=C(c1ccc(OC(c2ccc(Cl)cc2)c2ccccc2Cl)nc1)N1CCC(O)C1. The number of likely N-dealkylation sites (tertiary alicyclic amines) is 1. The van der Waals surface area contributed by atoms with Gasteiger partial charge in [-0.1, -0.05) is 53.5 Å². The number of aliphatic hydroxyl groups is 1. The first-order valence-corrected chi connectivity index (χ1v) is 10.4. The van der Waals surface area contributed by atoms with Crippen molar-refractivity contribution < 1.29 is 14.6 Å². The van der Waals surface area contributed by atoms with Gasteiger partial charge in [-0.05, 0) is 36.2 Å². The predicted octanol–water partition coefficient (Wildman–Crippen LogP) is 4.76. The summed E-state index contributed by atoms with van der Waals surface area (Å²) in [7, 11) is 0. The number of aliphatic hydroxyl groups excluding tert-OH is 1.